The summed E-state index contributed by atoms with van der Waals surface area (Å²) in [7, 11) is 2.07. The monoisotopic (exact) mass is 530 g/mol. The Kier molecular flexibility index (Phi) is 13.7. The van der Waals surface area contributed by atoms with Gasteiger partial charge in [-0.25, -0.2) is 4.39 Å². The minimum atomic E-state index is -0.302. The van der Waals surface area contributed by atoms with Crippen LogP contribution in [0.15, 0.2) is 42.6 Å². The van der Waals surface area contributed by atoms with Crippen molar-refractivity contribution in [2.45, 2.75) is 71.7 Å². The Balaban J connectivity index is 0.000000202. The molecule has 1 aromatic carbocycles. The molecule has 2 saturated heterocycles. The van der Waals surface area contributed by atoms with Crippen molar-refractivity contribution in [1.82, 2.24) is 14.8 Å². The largest absolute Gasteiger partial charge is 0.490 e. The van der Waals surface area contributed by atoms with Crippen LogP contribution in [0.1, 0.15) is 52.1 Å². The molecule has 8 nitrogen and oxygen atoms in total. The van der Waals surface area contributed by atoms with E-state index in [1.807, 2.05) is 33.8 Å². The first-order valence-corrected chi connectivity index (χ1v) is 13.5. The van der Waals surface area contributed by atoms with Gasteiger partial charge in [0.2, 0.25) is 6.41 Å². The van der Waals surface area contributed by atoms with Crippen molar-refractivity contribution >= 4 is 18.0 Å². The number of hydrogen-bond acceptors (Lipinski definition) is 6. The molecule has 210 valence electrons. The minimum Gasteiger partial charge on any atom is -0.490 e. The number of carbonyl (C=O) groups excluding carboxylic acids is 2. The van der Waals surface area contributed by atoms with Gasteiger partial charge in [-0.2, -0.15) is 0 Å². The third-order valence-corrected chi connectivity index (χ3v) is 6.00. The molecule has 5 rings (SSSR count). The Hall–Kier alpha value is -3.04. The number of nitrogens with one attached hydrogen (secondary N) is 1. The van der Waals surface area contributed by atoms with Crippen molar-refractivity contribution in [3.05, 3.63) is 54.1 Å². The highest BCUT2D eigenvalue weighted by atomic mass is 19.1. The summed E-state index contributed by atoms with van der Waals surface area (Å²) in [5, 5.41) is 2.84. The third kappa shape index (κ3) is 12.0. The summed E-state index contributed by atoms with van der Waals surface area (Å²) in [6.45, 7) is 11.7. The van der Waals surface area contributed by atoms with Gasteiger partial charge in [0.05, 0.1) is 12.2 Å². The molecule has 2 aliphatic heterocycles. The topological polar surface area (TPSA) is 84.0 Å². The van der Waals surface area contributed by atoms with Crippen molar-refractivity contribution in [2.24, 2.45) is 0 Å². The van der Waals surface area contributed by atoms with E-state index in [9.17, 15) is 14.0 Å². The zero-order valence-corrected chi connectivity index (χ0v) is 23.4. The molecule has 2 atom stereocenters. The molecule has 9 heteroatoms. The summed E-state index contributed by atoms with van der Waals surface area (Å²) >= 11 is 0. The summed E-state index contributed by atoms with van der Waals surface area (Å²) in [4.78, 5) is 30.1. The number of hydrogen-bond donors (Lipinski definition) is 1. The molecule has 1 N–H and O–H groups in total. The summed E-state index contributed by atoms with van der Waals surface area (Å²) < 4.78 is 23.4. The molecule has 1 aliphatic carbocycles. The molecule has 3 aliphatic rings. The lowest BCUT2D eigenvalue weighted by atomic mass is 10.2. The fourth-order valence-electron chi connectivity index (χ4n) is 3.69. The fourth-order valence-corrected chi connectivity index (χ4v) is 3.69. The number of aromatic nitrogens is 1. The quantitative estimate of drug-likeness (QED) is 0.566. The van der Waals surface area contributed by atoms with Crippen LogP contribution < -0.4 is 10.1 Å². The first-order valence-electron chi connectivity index (χ1n) is 13.5. The molecule has 2 aromatic rings. The van der Waals surface area contributed by atoms with Crippen molar-refractivity contribution in [3.8, 4) is 5.75 Å². The van der Waals surface area contributed by atoms with Gasteiger partial charge in [-0.15, -0.1) is 0 Å². The molecule has 2 amide bonds. The van der Waals surface area contributed by atoms with Crippen molar-refractivity contribution < 1.29 is 23.5 Å². The Bertz CT molecular complexity index is 981. The van der Waals surface area contributed by atoms with Crippen LogP contribution in [0.4, 0.5) is 10.1 Å². The van der Waals surface area contributed by atoms with Crippen LogP contribution in [0.2, 0.25) is 0 Å². The second kappa shape index (κ2) is 16.7. The van der Waals surface area contributed by atoms with E-state index in [2.05, 4.69) is 22.2 Å². The van der Waals surface area contributed by atoms with Gasteiger partial charge in [-0.05, 0) is 70.8 Å². The van der Waals surface area contributed by atoms with E-state index in [0.29, 0.717) is 11.9 Å². The highest BCUT2D eigenvalue weighted by Gasteiger charge is 2.28. The molecule has 0 bridgehead atoms. The Labute approximate surface area is 226 Å². The van der Waals surface area contributed by atoms with Crippen LogP contribution in [-0.4, -0.2) is 78.6 Å². The Morgan fingerprint density at radius 2 is 1.82 bits per heavy atom. The lowest BCUT2D eigenvalue weighted by Crippen LogP contribution is -2.43. The second-order valence-electron chi connectivity index (χ2n) is 9.41. The van der Waals surface area contributed by atoms with Crippen LogP contribution in [-0.2, 0) is 14.3 Å². The maximum Gasteiger partial charge on any atom is 0.253 e. The number of halogens is 1. The van der Waals surface area contributed by atoms with Gasteiger partial charge in [-0.1, -0.05) is 19.9 Å². The van der Waals surface area contributed by atoms with Crippen LogP contribution >= 0.6 is 0 Å². The summed E-state index contributed by atoms with van der Waals surface area (Å²) in [5.74, 6) is 0.352. The average molecular weight is 531 g/mol. The Morgan fingerprint density at radius 1 is 1.11 bits per heavy atom. The lowest BCUT2D eigenvalue weighted by molar-refractivity contribution is -0.126. The van der Waals surface area contributed by atoms with E-state index in [-0.39, 0.29) is 23.9 Å². The van der Waals surface area contributed by atoms with Crippen LogP contribution in [0.3, 0.4) is 0 Å². The normalized spacial score (nSPS) is 20.4. The SMILES string of the molecule is CC.CN1CCN(C=O)CC1.Cc1cc(NC(=O)C2CCC(C)O2)ccn1.Fc1cccc(OC2CC2)c1. The van der Waals surface area contributed by atoms with E-state index in [1.165, 1.54) is 12.1 Å². The van der Waals surface area contributed by atoms with Gasteiger partial charge in [0.25, 0.3) is 5.91 Å². The molecule has 1 saturated carbocycles. The van der Waals surface area contributed by atoms with E-state index < -0.39 is 0 Å². The predicted octanol–water partition coefficient (Wildman–Crippen LogP) is 4.68. The van der Waals surface area contributed by atoms with Gasteiger partial charge in [0.1, 0.15) is 17.7 Å². The smallest absolute Gasteiger partial charge is 0.253 e. The molecule has 0 radical (unpaired) electrons. The molecule has 3 fully saturated rings. The number of amides is 2. The zero-order valence-electron chi connectivity index (χ0n) is 23.4. The van der Waals surface area contributed by atoms with Gasteiger partial charge in [0, 0.05) is 49.8 Å². The number of nitrogens with zero attached hydrogens (tertiary/aromatic N) is 3. The highest BCUT2D eigenvalue weighted by molar-refractivity contribution is 5.94. The maximum atomic E-state index is 12.6. The summed E-state index contributed by atoms with van der Waals surface area (Å²) in [5.41, 5.74) is 1.67. The predicted molar refractivity (Wildman–Crippen MR) is 148 cm³/mol. The van der Waals surface area contributed by atoms with Crippen LogP contribution in [0.25, 0.3) is 0 Å². The Morgan fingerprint density at radius 3 is 2.37 bits per heavy atom. The molecule has 0 spiro atoms. The minimum absolute atomic E-state index is 0.0602. The van der Waals surface area contributed by atoms with Gasteiger partial charge in [0.15, 0.2) is 0 Å². The number of rotatable bonds is 5. The number of likely N-dealkylation sites (N-methyl/N-ethyl adjacent to an activating group) is 1. The van der Waals surface area contributed by atoms with Gasteiger partial charge >= 0.3 is 0 Å². The fraction of sp³-hybridized carbons (Fsp3) is 0.552. The van der Waals surface area contributed by atoms with Gasteiger partial charge in [-0.3, -0.25) is 14.6 Å². The number of carbonyl (C=O) groups is 2. The zero-order chi connectivity index (χ0) is 27.9. The first-order chi connectivity index (χ1) is 18.3. The third-order valence-electron chi connectivity index (χ3n) is 6.00. The first kappa shape index (κ1) is 31.2. The second-order valence-corrected chi connectivity index (χ2v) is 9.41. The number of pyridine rings is 1. The molecular formula is C29H43FN4O4. The van der Waals surface area contributed by atoms with Crippen LogP contribution in [0.5, 0.6) is 5.75 Å². The van der Waals surface area contributed by atoms with Crippen molar-refractivity contribution in [1.29, 1.82) is 0 Å². The standard InChI is InChI=1S/C12H16N2O2.C9H9FO.C6H12N2O.C2H6/c1-8-7-10(5-6-13-8)14-12(15)11-4-3-9(2)16-11;10-7-2-1-3-9(6-7)11-8-4-5-8;1-7-2-4-8(6-9)5-3-7;1-2/h5-7,9,11H,3-4H2,1-2H3,(H,13,14,15);1-3,6,8H,4-5H2;6H,2-5H2,1H3;1-2H3. The molecular weight excluding hydrogens is 487 g/mol. The molecule has 1 aromatic heterocycles. The summed E-state index contributed by atoms with van der Waals surface area (Å²) in [6, 6.07) is 9.89. The summed E-state index contributed by atoms with van der Waals surface area (Å²) in [6.07, 6.45) is 6.81. The van der Waals surface area contributed by atoms with E-state index >= 15 is 0 Å². The van der Waals surface area contributed by atoms with Crippen LogP contribution in [0, 0.1) is 12.7 Å². The highest BCUT2D eigenvalue weighted by Crippen LogP contribution is 2.26. The van der Waals surface area contributed by atoms with Crippen molar-refractivity contribution in [3.63, 3.8) is 0 Å². The van der Waals surface area contributed by atoms with E-state index in [0.717, 1.165) is 69.7 Å². The molecule has 38 heavy (non-hydrogen) atoms. The molecule has 2 unspecified atom stereocenters. The van der Waals surface area contributed by atoms with E-state index in [1.54, 1.807) is 29.3 Å². The van der Waals surface area contributed by atoms with Gasteiger partial charge < -0.3 is 24.6 Å². The number of anilines is 1. The lowest BCUT2D eigenvalue weighted by Gasteiger charge is -2.29. The van der Waals surface area contributed by atoms with E-state index in [4.69, 9.17) is 9.47 Å². The maximum absolute atomic E-state index is 12.6. The number of ether oxygens (including phenoxy) is 2. The number of piperazine rings is 1. The van der Waals surface area contributed by atoms with Crippen molar-refractivity contribution in [2.75, 3.05) is 38.5 Å². The number of benzene rings is 1. The average Bonchev–Trinajstić information content (AvgIpc) is 3.62. The number of aryl methyl sites for hydroxylation is 1. The molecule has 3 heterocycles.